The molecule has 1 spiro atoms. The molecule has 0 fully saturated rings. The standard InChI is InChI=1S/C17H14N2O3Se.ClH/c1-11-3-6-16-14(9-11)18(2)17(23-16)8-7-12-10-13(19(20)21)4-5-15(12)22-17;/h3-10H,1-2H3;1H. The molecule has 7 heteroatoms. The summed E-state index contributed by atoms with van der Waals surface area (Å²) in [6.07, 6.45) is 3.96. The first-order chi connectivity index (χ1) is 11.0. The molecule has 2 aromatic carbocycles. The number of rotatable bonds is 1. The van der Waals surface area contributed by atoms with Gasteiger partial charge in [-0.1, -0.05) is 0 Å². The molecule has 1 unspecified atom stereocenters. The average Bonchev–Trinajstić information content (AvgIpc) is 2.79. The van der Waals surface area contributed by atoms with Crippen LogP contribution in [0.5, 0.6) is 5.75 Å². The predicted molar refractivity (Wildman–Crippen MR) is 97.7 cm³/mol. The van der Waals surface area contributed by atoms with Crippen molar-refractivity contribution in [2.75, 3.05) is 11.9 Å². The van der Waals surface area contributed by atoms with E-state index in [0.29, 0.717) is 5.75 Å². The molecule has 0 aromatic heterocycles. The van der Waals surface area contributed by atoms with Gasteiger partial charge in [0.25, 0.3) is 0 Å². The third-order valence-electron chi connectivity index (χ3n) is 4.13. The minimum atomic E-state index is -0.494. The Labute approximate surface area is 152 Å². The zero-order valence-corrected chi connectivity index (χ0v) is 15.6. The van der Waals surface area contributed by atoms with Gasteiger partial charge >= 0.3 is 139 Å². The Kier molecular flexibility index (Phi) is 4.08. The molecule has 4 rings (SSSR count). The van der Waals surface area contributed by atoms with Gasteiger partial charge in [0.1, 0.15) is 0 Å². The summed E-state index contributed by atoms with van der Waals surface area (Å²) in [5.74, 6) is 0.691. The topological polar surface area (TPSA) is 55.6 Å². The van der Waals surface area contributed by atoms with Crippen molar-refractivity contribution >= 4 is 49.3 Å². The fourth-order valence-corrected chi connectivity index (χ4v) is 5.50. The van der Waals surface area contributed by atoms with Gasteiger partial charge in [-0.3, -0.25) is 0 Å². The largest absolute Gasteiger partial charge is 0.147 e. The van der Waals surface area contributed by atoms with Crippen LogP contribution in [0.2, 0.25) is 0 Å². The van der Waals surface area contributed by atoms with Crippen molar-refractivity contribution in [2.45, 2.75) is 11.5 Å². The van der Waals surface area contributed by atoms with Crippen LogP contribution in [0.4, 0.5) is 11.4 Å². The summed E-state index contributed by atoms with van der Waals surface area (Å²) in [5.41, 5.74) is 3.25. The number of ether oxygens (including phenoxy) is 1. The SMILES string of the molecule is Cc1ccc2c(c1)N(C)C1(C=Cc3cc([N+](=O)[O-])ccc3O1)[Se]2.Cl. The summed E-state index contributed by atoms with van der Waals surface area (Å²) in [5, 5.41) is 10.9. The van der Waals surface area contributed by atoms with E-state index in [0.717, 1.165) is 5.56 Å². The molecule has 2 aliphatic heterocycles. The molecular weight excluding hydrogens is 395 g/mol. The van der Waals surface area contributed by atoms with Crippen molar-refractivity contribution in [3.63, 3.8) is 0 Å². The van der Waals surface area contributed by atoms with Gasteiger partial charge in [-0.25, -0.2) is 0 Å². The first-order valence-corrected chi connectivity index (χ1v) is 8.90. The maximum atomic E-state index is 10.9. The van der Waals surface area contributed by atoms with Gasteiger partial charge in [0.15, 0.2) is 0 Å². The van der Waals surface area contributed by atoms with E-state index in [1.807, 2.05) is 19.2 Å². The molecule has 0 bridgehead atoms. The number of nitro benzene ring substituents is 1. The van der Waals surface area contributed by atoms with E-state index in [1.54, 1.807) is 12.1 Å². The number of hydrogen-bond donors (Lipinski definition) is 0. The smallest absolute Gasteiger partial charge is 0.147 e. The van der Waals surface area contributed by atoms with E-state index in [2.05, 4.69) is 30.0 Å². The summed E-state index contributed by atoms with van der Waals surface area (Å²) >= 11 is 0.0980. The fraction of sp³-hybridized carbons (Fsp3) is 0.176. The van der Waals surface area contributed by atoms with E-state index in [9.17, 15) is 10.1 Å². The number of nitro groups is 1. The van der Waals surface area contributed by atoms with Gasteiger partial charge in [0.05, 0.1) is 0 Å². The minimum Gasteiger partial charge on any atom is -0.147 e. The van der Waals surface area contributed by atoms with Crippen LogP contribution in [0.1, 0.15) is 11.1 Å². The van der Waals surface area contributed by atoms with E-state index >= 15 is 0 Å². The molecule has 124 valence electrons. The van der Waals surface area contributed by atoms with Crippen molar-refractivity contribution in [3.05, 3.63) is 63.7 Å². The average molecular weight is 410 g/mol. The summed E-state index contributed by atoms with van der Waals surface area (Å²) in [6.45, 7) is 2.08. The molecule has 0 amide bonds. The molecular formula is C17H15ClN2O3Se. The molecule has 2 aromatic rings. The minimum absolute atomic E-state index is 0. The normalized spacial score (nSPS) is 20.2. The molecule has 5 nitrogen and oxygen atoms in total. The van der Waals surface area contributed by atoms with E-state index < -0.39 is 4.62 Å². The van der Waals surface area contributed by atoms with Crippen LogP contribution in [-0.2, 0) is 0 Å². The zero-order valence-electron chi connectivity index (χ0n) is 13.1. The second-order valence-electron chi connectivity index (χ2n) is 5.68. The second kappa shape index (κ2) is 5.81. The van der Waals surface area contributed by atoms with Crippen molar-refractivity contribution in [2.24, 2.45) is 0 Å². The van der Waals surface area contributed by atoms with E-state index in [4.69, 9.17) is 4.74 Å². The second-order valence-corrected chi connectivity index (χ2v) is 8.26. The van der Waals surface area contributed by atoms with Gasteiger partial charge < -0.3 is 0 Å². The third-order valence-corrected chi connectivity index (χ3v) is 6.97. The van der Waals surface area contributed by atoms with Crippen LogP contribution in [0.15, 0.2) is 42.5 Å². The molecule has 0 saturated carbocycles. The molecule has 2 aliphatic rings. The number of hydrogen-bond acceptors (Lipinski definition) is 4. The number of non-ortho nitro benzene ring substituents is 1. The van der Waals surface area contributed by atoms with Crippen LogP contribution in [0.25, 0.3) is 6.08 Å². The third kappa shape index (κ3) is 2.47. The van der Waals surface area contributed by atoms with Crippen molar-refractivity contribution in [3.8, 4) is 5.75 Å². The molecule has 0 N–H and O–H groups in total. The summed E-state index contributed by atoms with van der Waals surface area (Å²) in [6, 6.07) is 11.2. The van der Waals surface area contributed by atoms with Gasteiger partial charge in [0, 0.05) is 0 Å². The summed E-state index contributed by atoms with van der Waals surface area (Å²) in [4.78, 5) is 12.7. The van der Waals surface area contributed by atoms with Crippen LogP contribution < -0.4 is 14.1 Å². The molecule has 0 aliphatic carbocycles. The Morgan fingerprint density at radius 1 is 1.25 bits per heavy atom. The Bertz CT molecular complexity index is 871. The van der Waals surface area contributed by atoms with Crippen LogP contribution in [0.3, 0.4) is 0 Å². The fourth-order valence-electron chi connectivity index (χ4n) is 2.86. The first-order valence-electron chi connectivity index (χ1n) is 7.19. The van der Waals surface area contributed by atoms with Crippen molar-refractivity contribution < 1.29 is 9.66 Å². The molecule has 24 heavy (non-hydrogen) atoms. The van der Waals surface area contributed by atoms with Gasteiger partial charge in [-0.15, -0.1) is 12.4 Å². The maximum Gasteiger partial charge on any atom is -0.147 e. The number of aryl methyl sites for hydroxylation is 1. The zero-order chi connectivity index (χ0) is 16.2. The van der Waals surface area contributed by atoms with Crippen LogP contribution in [-0.4, -0.2) is 31.6 Å². The van der Waals surface area contributed by atoms with Gasteiger partial charge in [-0.05, 0) is 0 Å². The summed E-state index contributed by atoms with van der Waals surface area (Å²) in [7, 11) is 2.04. The molecule has 1 atom stereocenters. The molecule has 0 saturated heterocycles. The summed E-state index contributed by atoms with van der Waals surface area (Å²) < 4.78 is 7.11. The van der Waals surface area contributed by atoms with Crippen LogP contribution >= 0.6 is 12.4 Å². The van der Waals surface area contributed by atoms with Gasteiger partial charge in [-0.2, -0.15) is 0 Å². The molecule has 0 radical (unpaired) electrons. The van der Waals surface area contributed by atoms with E-state index in [-0.39, 0.29) is 38.0 Å². The Morgan fingerprint density at radius 3 is 2.79 bits per heavy atom. The quantitative estimate of drug-likeness (QED) is 0.413. The molecule has 2 heterocycles. The van der Waals surface area contributed by atoms with E-state index in [1.165, 1.54) is 21.8 Å². The Balaban J connectivity index is 0.00000169. The monoisotopic (exact) mass is 410 g/mol. The van der Waals surface area contributed by atoms with Gasteiger partial charge in [0.2, 0.25) is 0 Å². The van der Waals surface area contributed by atoms with Crippen LogP contribution in [0, 0.1) is 17.0 Å². The Hall–Kier alpha value is -2.01. The first kappa shape index (κ1) is 16.8. The number of benzene rings is 2. The predicted octanol–water partition coefficient (Wildman–Crippen LogP) is 2.86. The maximum absolute atomic E-state index is 10.9. The number of halogens is 1. The number of fused-ring (bicyclic) bond motifs is 2. The Morgan fingerprint density at radius 2 is 2.04 bits per heavy atom. The van der Waals surface area contributed by atoms with Crippen molar-refractivity contribution in [1.29, 1.82) is 0 Å². The number of likely N-dealkylation sites (N-methyl/N-ethyl adjacent to an activating group) is 1. The number of anilines is 1. The van der Waals surface area contributed by atoms with Crippen molar-refractivity contribution in [1.82, 2.24) is 0 Å². The number of nitrogens with zero attached hydrogens (tertiary/aromatic N) is 2.